The second-order valence-electron chi connectivity index (χ2n) is 7.75. The Hall–Kier alpha value is -0.770. The second-order valence-corrected chi connectivity index (χ2v) is 7.75. The first-order valence-electron chi connectivity index (χ1n) is 8.49. The number of rotatable bonds is 1. The Labute approximate surface area is 128 Å². The molecule has 1 saturated heterocycles. The van der Waals surface area contributed by atoms with Gasteiger partial charge < -0.3 is 14.7 Å². The van der Waals surface area contributed by atoms with Crippen molar-refractivity contribution in [1.29, 1.82) is 0 Å². The van der Waals surface area contributed by atoms with Crippen molar-refractivity contribution in [2.75, 3.05) is 0 Å². The summed E-state index contributed by atoms with van der Waals surface area (Å²) in [7, 11) is 0. The van der Waals surface area contributed by atoms with Crippen LogP contribution in [0.1, 0.15) is 72.6 Å². The molecule has 0 radical (unpaired) electrons. The van der Waals surface area contributed by atoms with Gasteiger partial charge in [-0.1, -0.05) is 12.8 Å². The summed E-state index contributed by atoms with van der Waals surface area (Å²) in [5.41, 5.74) is -0.468. The van der Waals surface area contributed by atoms with Crippen LogP contribution in [-0.2, 0) is 4.74 Å². The van der Waals surface area contributed by atoms with Gasteiger partial charge in [0, 0.05) is 18.0 Å². The van der Waals surface area contributed by atoms with E-state index < -0.39 is 5.60 Å². The van der Waals surface area contributed by atoms with Crippen molar-refractivity contribution in [1.82, 2.24) is 4.90 Å². The molecule has 0 bridgehead atoms. The Kier molecular flexibility index (Phi) is 5.18. The summed E-state index contributed by atoms with van der Waals surface area (Å²) in [4.78, 5) is 14.5. The predicted octanol–water partition coefficient (Wildman–Crippen LogP) is 3.72. The van der Waals surface area contributed by atoms with E-state index >= 15 is 0 Å². The highest BCUT2D eigenvalue weighted by molar-refractivity contribution is 5.69. The van der Waals surface area contributed by atoms with Crippen molar-refractivity contribution in [2.24, 2.45) is 5.92 Å². The quantitative estimate of drug-likeness (QED) is 0.802. The fourth-order valence-corrected chi connectivity index (χ4v) is 3.87. The highest BCUT2D eigenvalue weighted by atomic mass is 16.6. The number of likely N-dealkylation sites (tertiary alicyclic amines) is 1. The highest BCUT2D eigenvalue weighted by Crippen LogP contribution is 2.36. The SMILES string of the molecule is CC1CCCC(C2CCCCC2O)N1C(=O)OC(C)(C)C. The minimum absolute atomic E-state index is 0.138. The van der Waals surface area contributed by atoms with Gasteiger partial charge in [0.2, 0.25) is 0 Å². The van der Waals surface area contributed by atoms with Crippen molar-refractivity contribution >= 4 is 6.09 Å². The number of piperidine rings is 1. The number of aliphatic hydroxyl groups excluding tert-OH is 1. The maximum atomic E-state index is 12.6. The van der Waals surface area contributed by atoms with E-state index in [-0.39, 0.29) is 30.2 Å². The fraction of sp³-hybridized carbons (Fsp3) is 0.941. The van der Waals surface area contributed by atoms with Crippen molar-refractivity contribution in [3.05, 3.63) is 0 Å². The molecule has 0 aromatic heterocycles. The molecule has 2 rings (SSSR count). The number of hydrogen-bond donors (Lipinski definition) is 1. The average Bonchev–Trinajstić information content (AvgIpc) is 2.36. The van der Waals surface area contributed by atoms with Gasteiger partial charge in [0.1, 0.15) is 5.60 Å². The van der Waals surface area contributed by atoms with E-state index in [9.17, 15) is 9.90 Å². The maximum absolute atomic E-state index is 12.6. The van der Waals surface area contributed by atoms with E-state index in [1.165, 1.54) is 0 Å². The molecular formula is C17H31NO3. The summed E-state index contributed by atoms with van der Waals surface area (Å²) in [6, 6.07) is 0.339. The molecule has 1 N–H and O–H groups in total. The maximum Gasteiger partial charge on any atom is 0.410 e. The zero-order valence-electron chi connectivity index (χ0n) is 14.0. The molecule has 4 nitrogen and oxygen atoms in total. The summed E-state index contributed by atoms with van der Waals surface area (Å²) in [5.74, 6) is 0.217. The summed E-state index contributed by atoms with van der Waals surface area (Å²) in [6.45, 7) is 7.82. The van der Waals surface area contributed by atoms with Crippen LogP contribution in [0.3, 0.4) is 0 Å². The zero-order chi connectivity index (χ0) is 15.6. The van der Waals surface area contributed by atoms with E-state index in [1.54, 1.807) is 0 Å². The van der Waals surface area contributed by atoms with Gasteiger partial charge in [-0.05, 0) is 59.8 Å². The van der Waals surface area contributed by atoms with Gasteiger partial charge in [0.05, 0.1) is 6.10 Å². The van der Waals surface area contributed by atoms with Gasteiger partial charge in [0.25, 0.3) is 0 Å². The summed E-state index contributed by atoms with van der Waals surface area (Å²) in [6.07, 6.45) is 6.84. The summed E-state index contributed by atoms with van der Waals surface area (Å²) in [5, 5.41) is 10.4. The third kappa shape index (κ3) is 4.12. The van der Waals surface area contributed by atoms with Gasteiger partial charge in [-0.15, -0.1) is 0 Å². The number of hydrogen-bond acceptors (Lipinski definition) is 3. The molecule has 0 aromatic carbocycles. The van der Waals surface area contributed by atoms with Crippen LogP contribution in [0, 0.1) is 5.92 Å². The Balaban J connectivity index is 2.14. The van der Waals surface area contributed by atoms with Crippen LogP contribution >= 0.6 is 0 Å². The van der Waals surface area contributed by atoms with Crippen molar-refractivity contribution in [3.63, 3.8) is 0 Å². The van der Waals surface area contributed by atoms with Crippen molar-refractivity contribution in [3.8, 4) is 0 Å². The lowest BCUT2D eigenvalue weighted by Crippen LogP contribution is -2.55. The first kappa shape index (κ1) is 16.6. The third-order valence-electron chi connectivity index (χ3n) is 4.83. The molecule has 122 valence electrons. The van der Waals surface area contributed by atoms with Gasteiger partial charge in [-0.2, -0.15) is 0 Å². The molecule has 0 spiro atoms. The largest absolute Gasteiger partial charge is 0.444 e. The van der Waals surface area contributed by atoms with Crippen molar-refractivity contribution < 1.29 is 14.6 Å². The zero-order valence-corrected chi connectivity index (χ0v) is 14.0. The van der Waals surface area contributed by atoms with E-state index in [2.05, 4.69) is 6.92 Å². The number of carbonyl (C=O) groups is 1. The molecule has 21 heavy (non-hydrogen) atoms. The lowest BCUT2D eigenvalue weighted by molar-refractivity contribution is -0.0406. The van der Waals surface area contributed by atoms with E-state index in [4.69, 9.17) is 4.74 Å². The number of ether oxygens (including phenoxy) is 1. The Morgan fingerprint density at radius 2 is 1.76 bits per heavy atom. The Morgan fingerprint density at radius 1 is 1.10 bits per heavy atom. The second kappa shape index (κ2) is 6.55. The van der Waals surface area contributed by atoms with Gasteiger partial charge in [-0.25, -0.2) is 4.79 Å². The monoisotopic (exact) mass is 297 g/mol. The first-order chi connectivity index (χ1) is 9.79. The Bertz CT molecular complexity index is 364. The van der Waals surface area contributed by atoms with E-state index in [0.717, 1.165) is 44.9 Å². The molecule has 4 atom stereocenters. The lowest BCUT2D eigenvalue weighted by Gasteiger charge is -2.46. The number of aliphatic hydroxyl groups is 1. The number of nitrogens with zero attached hydrogens (tertiary/aromatic N) is 1. The normalized spacial score (nSPS) is 34.6. The average molecular weight is 297 g/mol. The van der Waals surface area contributed by atoms with Gasteiger partial charge in [-0.3, -0.25) is 0 Å². The Morgan fingerprint density at radius 3 is 2.38 bits per heavy atom. The predicted molar refractivity (Wildman–Crippen MR) is 83.1 cm³/mol. The van der Waals surface area contributed by atoms with Crippen LogP contribution in [0.2, 0.25) is 0 Å². The van der Waals surface area contributed by atoms with Crippen LogP contribution in [0.25, 0.3) is 0 Å². The van der Waals surface area contributed by atoms with Crippen LogP contribution in [0.5, 0.6) is 0 Å². The van der Waals surface area contributed by atoms with Crippen molar-refractivity contribution in [2.45, 2.75) is 96.4 Å². The molecule has 1 heterocycles. The van der Waals surface area contributed by atoms with E-state index in [1.807, 2.05) is 25.7 Å². The first-order valence-corrected chi connectivity index (χ1v) is 8.49. The highest BCUT2D eigenvalue weighted by Gasteiger charge is 2.41. The molecule has 2 fully saturated rings. The van der Waals surface area contributed by atoms with E-state index in [0.29, 0.717) is 0 Å². The summed E-state index contributed by atoms with van der Waals surface area (Å²) < 4.78 is 5.61. The summed E-state index contributed by atoms with van der Waals surface area (Å²) >= 11 is 0. The van der Waals surface area contributed by atoms with Crippen LogP contribution in [0.4, 0.5) is 4.79 Å². The smallest absolute Gasteiger partial charge is 0.410 e. The molecule has 1 amide bonds. The van der Waals surface area contributed by atoms with Crippen LogP contribution < -0.4 is 0 Å². The van der Waals surface area contributed by atoms with Crippen LogP contribution in [0.15, 0.2) is 0 Å². The minimum atomic E-state index is -0.468. The third-order valence-corrected chi connectivity index (χ3v) is 4.83. The molecular weight excluding hydrogens is 266 g/mol. The van der Waals surface area contributed by atoms with Crippen LogP contribution in [-0.4, -0.2) is 39.9 Å². The molecule has 1 aliphatic heterocycles. The molecule has 0 aromatic rings. The minimum Gasteiger partial charge on any atom is -0.444 e. The molecule has 4 heteroatoms. The van der Waals surface area contributed by atoms with Gasteiger partial charge in [0.15, 0.2) is 0 Å². The molecule has 1 aliphatic carbocycles. The lowest BCUT2D eigenvalue weighted by atomic mass is 9.77. The number of amides is 1. The number of carbonyl (C=O) groups excluding carboxylic acids is 1. The fourth-order valence-electron chi connectivity index (χ4n) is 3.87. The molecule has 1 saturated carbocycles. The molecule has 2 aliphatic rings. The molecule has 4 unspecified atom stereocenters. The topological polar surface area (TPSA) is 49.8 Å². The van der Waals surface area contributed by atoms with Gasteiger partial charge >= 0.3 is 6.09 Å². The standard InChI is InChI=1S/C17H31NO3/c1-12-8-7-10-14(13-9-5-6-11-15(13)19)18(12)16(20)21-17(2,3)4/h12-15,19H,5-11H2,1-4H3.